The van der Waals surface area contributed by atoms with Gasteiger partial charge in [0, 0.05) is 24.6 Å². The Hall–Kier alpha value is -2.18. The van der Waals surface area contributed by atoms with Crippen LogP contribution in [0.1, 0.15) is 25.3 Å². The Morgan fingerprint density at radius 2 is 2.22 bits per heavy atom. The number of carbonyl (C=O) groups excluding carboxylic acids is 2. The van der Waals surface area contributed by atoms with Crippen LogP contribution < -0.4 is 5.32 Å². The van der Waals surface area contributed by atoms with Crippen molar-refractivity contribution in [3.63, 3.8) is 0 Å². The van der Waals surface area contributed by atoms with Crippen molar-refractivity contribution in [2.45, 2.75) is 43.2 Å². The highest BCUT2D eigenvalue weighted by Gasteiger charge is 2.87. The molecule has 4 heterocycles. The number of carbonyl (C=O) groups is 2. The van der Waals surface area contributed by atoms with Crippen LogP contribution in [0.2, 0.25) is 0 Å². The first-order chi connectivity index (χ1) is 13.1. The molecule has 6 rings (SSSR count). The summed E-state index contributed by atoms with van der Waals surface area (Å²) in [6.45, 7) is 2.73. The van der Waals surface area contributed by atoms with Crippen molar-refractivity contribution in [3.8, 4) is 0 Å². The van der Waals surface area contributed by atoms with Crippen molar-refractivity contribution in [2.24, 2.45) is 11.3 Å². The molecule has 0 radical (unpaired) electrons. The van der Waals surface area contributed by atoms with Crippen LogP contribution in [-0.4, -0.2) is 48.8 Å². The van der Waals surface area contributed by atoms with E-state index in [2.05, 4.69) is 16.3 Å². The molecule has 5 aliphatic rings. The summed E-state index contributed by atoms with van der Waals surface area (Å²) in [7, 11) is 1.38. The fraction of sp³-hybridized carbons (Fsp3) is 0.524. The lowest BCUT2D eigenvalue weighted by Crippen LogP contribution is -2.78. The lowest BCUT2D eigenvalue weighted by Gasteiger charge is -2.63. The minimum absolute atomic E-state index is 0.101. The Kier molecular flexibility index (Phi) is 2.71. The Morgan fingerprint density at radius 1 is 1.41 bits per heavy atom. The third-order valence-corrected chi connectivity index (χ3v) is 7.99. The Labute approximate surface area is 157 Å². The second kappa shape index (κ2) is 4.62. The standard InChI is InChI=1S/C21H22N2O4/c1-3-12-10-23-16-8-14(12)19(11-24,18(25)26-2)20-9-17(23)27-21(16,20)22-15-7-5-4-6-13(15)20/h3-7,11,14,16-17,22H,8-10H2,1-2H3/b12-3-/t14-,16-,17-,19-,20-,21-/m0/s1. The fourth-order valence-electron chi connectivity index (χ4n) is 7.14. The molecule has 3 saturated heterocycles. The van der Waals surface area contributed by atoms with Crippen molar-refractivity contribution < 1.29 is 19.1 Å². The highest BCUT2D eigenvalue weighted by atomic mass is 16.6. The first-order valence-corrected chi connectivity index (χ1v) is 9.60. The third-order valence-electron chi connectivity index (χ3n) is 7.99. The van der Waals surface area contributed by atoms with Gasteiger partial charge in [-0.3, -0.25) is 9.69 Å². The number of allylic oxidation sites excluding steroid dienone is 1. The molecule has 1 spiro atoms. The average Bonchev–Trinajstić information content (AvgIpc) is 3.30. The summed E-state index contributed by atoms with van der Waals surface area (Å²) in [5, 5.41) is 3.63. The van der Waals surface area contributed by atoms with E-state index in [9.17, 15) is 9.59 Å². The number of esters is 1. The quantitative estimate of drug-likeness (QED) is 0.373. The lowest BCUT2D eigenvalue weighted by atomic mass is 9.42. The second-order valence-corrected chi connectivity index (χ2v) is 8.41. The van der Waals surface area contributed by atoms with Crippen LogP contribution in [0.3, 0.4) is 0 Å². The predicted molar refractivity (Wildman–Crippen MR) is 96.8 cm³/mol. The van der Waals surface area contributed by atoms with Gasteiger partial charge in [-0.1, -0.05) is 29.8 Å². The largest absolute Gasteiger partial charge is 0.468 e. The first kappa shape index (κ1) is 15.8. The molecule has 6 heteroatoms. The monoisotopic (exact) mass is 366 g/mol. The van der Waals surface area contributed by atoms with Crippen molar-refractivity contribution >= 4 is 17.9 Å². The van der Waals surface area contributed by atoms with E-state index in [4.69, 9.17) is 9.47 Å². The number of benzene rings is 1. The molecule has 0 amide bonds. The van der Waals surface area contributed by atoms with Gasteiger partial charge in [0.1, 0.15) is 17.9 Å². The van der Waals surface area contributed by atoms with Gasteiger partial charge in [-0.15, -0.1) is 0 Å². The van der Waals surface area contributed by atoms with Crippen LogP contribution in [0.15, 0.2) is 35.9 Å². The molecular formula is C21H22N2O4. The number of nitrogens with one attached hydrogen (secondary N) is 1. The van der Waals surface area contributed by atoms with E-state index in [0.717, 1.165) is 29.7 Å². The zero-order valence-electron chi connectivity index (χ0n) is 15.4. The zero-order chi connectivity index (χ0) is 18.6. The normalized spacial score (nSPS) is 46.9. The fourth-order valence-corrected chi connectivity index (χ4v) is 7.14. The van der Waals surface area contributed by atoms with Crippen LogP contribution in [0.4, 0.5) is 5.69 Å². The van der Waals surface area contributed by atoms with Gasteiger partial charge < -0.3 is 19.6 Å². The molecule has 0 aromatic heterocycles. The SMILES string of the molecule is C/C=C1/CN2[C@@H]3C[C@@]45c6ccccc6N[C@]4(O3)[C@@H]2C[C@@H]1[C@@]5(C=O)C(=O)OC. The number of ether oxygens (including phenoxy) is 2. The predicted octanol–water partition coefficient (Wildman–Crippen LogP) is 1.81. The summed E-state index contributed by atoms with van der Waals surface area (Å²) in [5.74, 6) is -0.611. The van der Waals surface area contributed by atoms with Gasteiger partial charge in [0.15, 0.2) is 5.72 Å². The van der Waals surface area contributed by atoms with Gasteiger partial charge in [-0.2, -0.15) is 0 Å². The molecule has 6 nitrogen and oxygen atoms in total. The molecule has 140 valence electrons. The molecule has 1 aliphatic carbocycles. The van der Waals surface area contributed by atoms with Crippen molar-refractivity contribution in [1.29, 1.82) is 0 Å². The first-order valence-electron chi connectivity index (χ1n) is 9.60. The molecule has 27 heavy (non-hydrogen) atoms. The lowest BCUT2D eigenvalue weighted by molar-refractivity contribution is -0.182. The smallest absolute Gasteiger partial charge is 0.320 e. The molecular weight excluding hydrogens is 344 g/mol. The number of para-hydroxylation sites is 1. The summed E-state index contributed by atoms with van der Waals surface area (Å²) < 4.78 is 11.9. The molecule has 4 aliphatic heterocycles. The van der Waals surface area contributed by atoms with E-state index in [1.807, 2.05) is 31.2 Å². The van der Waals surface area contributed by atoms with E-state index < -0.39 is 22.5 Å². The molecule has 1 aromatic rings. The summed E-state index contributed by atoms with van der Waals surface area (Å²) in [5.41, 5.74) is 0.303. The van der Waals surface area contributed by atoms with Gasteiger partial charge in [0.25, 0.3) is 0 Å². The van der Waals surface area contributed by atoms with Crippen LogP contribution in [0, 0.1) is 11.3 Å². The highest BCUT2D eigenvalue weighted by molar-refractivity contribution is 5.99. The average molecular weight is 366 g/mol. The van der Waals surface area contributed by atoms with E-state index in [1.54, 1.807) is 0 Å². The molecule has 0 unspecified atom stereocenters. The number of rotatable bonds is 2. The number of piperidine rings is 2. The van der Waals surface area contributed by atoms with E-state index in [-0.39, 0.29) is 18.2 Å². The maximum atomic E-state index is 13.4. The number of anilines is 1. The number of nitrogens with zero attached hydrogens (tertiary/aromatic N) is 1. The zero-order valence-corrected chi connectivity index (χ0v) is 15.4. The maximum Gasteiger partial charge on any atom is 0.320 e. The maximum absolute atomic E-state index is 13.4. The van der Waals surface area contributed by atoms with Gasteiger partial charge in [0.2, 0.25) is 0 Å². The summed E-state index contributed by atoms with van der Waals surface area (Å²) in [6.07, 6.45) is 4.18. The van der Waals surface area contributed by atoms with E-state index >= 15 is 0 Å². The summed E-state index contributed by atoms with van der Waals surface area (Å²) >= 11 is 0. The molecule has 1 saturated carbocycles. The number of hydrogen-bond acceptors (Lipinski definition) is 6. The Balaban J connectivity index is 1.75. The van der Waals surface area contributed by atoms with Gasteiger partial charge in [0.05, 0.1) is 18.6 Å². The minimum atomic E-state index is -1.29. The van der Waals surface area contributed by atoms with Crippen LogP contribution in [0.25, 0.3) is 0 Å². The second-order valence-electron chi connectivity index (χ2n) is 8.41. The van der Waals surface area contributed by atoms with Crippen LogP contribution >= 0.6 is 0 Å². The van der Waals surface area contributed by atoms with Crippen LogP contribution in [0.5, 0.6) is 0 Å². The van der Waals surface area contributed by atoms with Crippen molar-refractivity contribution in [3.05, 3.63) is 41.5 Å². The van der Waals surface area contributed by atoms with Crippen molar-refractivity contribution in [2.75, 3.05) is 19.0 Å². The Bertz CT molecular complexity index is 929. The molecule has 1 aromatic carbocycles. The minimum Gasteiger partial charge on any atom is -0.468 e. The summed E-state index contributed by atoms with van der Waals surface area (Å²) in [6, 6.07) is 8.15. The molecule has 1 N–H and O–H groups in total. The van der Waals surface area contributed by atoms with Gasteiger partial charge in [-0.25, -0.2) is 0 Å². The van der Waals surface area contributed by atoms with Gasteiger partial charge >= 0.3 is 5.97 Å². The number of aldehydes is 1. The third kappa shape index (κ3) is 1.32. The Morgan fingerprint density at radius 3 is 2.96 bits per heavy atom. The molecule has 4 fully saturated rings. The number of fused-ring (bicyclic) bond motifs is 4. The van der Waals surface area contributed by atoms with E-state index in [0.29, 0.717) is 12.8 Å². The summed E-state index contributed by atoms with van der Waals surface area (Å²) in [4.78, 5) is 28.7. The number of hydrogen-bond donors (Lipinski definition) is 1. The highest BCUT2D eigenvalue weighted by Crippen LogP contribution is 2.75. The topological polar surface area (TPSA) is 67.9 Å². The molecule has 6 atom stereocenters. The molecule has 4 bridgehead atoms. The van der Waals surface area contributed by atoms with E-state index in [1.165, 1.54) is 7.11 Å². The van der Waals surface area contributed by atoms with Crippen molar-refractivity contribution in [1.82, 2.24) is 4.90 Å². The van der Waals surface area contributed by atoms with Gasteiger partial charge in [-0.05, 0) is 25.0 Å². The van der Waals surface area contributed by atoms with Crippen LogP contribution in [-0.2, 0) is 24.5 Å². The number of methoxy groups -OCH3 is 1.